The molecule has 1 rings (SSSR count). The summed E-state index contributed by atoms with van der Waals surface area (Å²) < 4.78 is 30.9. The second-order valence-electron chi connectivity index (χ2n) is 3.97. The molecule has 0 bridgehead atoms. The smallest absolute Gasteiger partial charge is 0.239 e. The molecule has 18 heavy (non-hydrogen) atoms. The first-order valence-electron chi connectivity index (χ1n) is 5.50. The van der Waals surface area contributed by atoms with Gasteiger partial charge in [0, 0.05) is 13.1 Å². The maximum atomic E-state index is 13.2. The molecule has 0 radical (unpaired) electrons. The van der Waals surface area contributed by atoms with Crippen molar-refractivity contribution in [2.45, 2.75) is 13.0 Å². The molecule has 1 unspecified atom stereocenters. The number of rotatable bonds is 5. The summed E-state index contributed by atoms with van der Waals surface area (Å²) in [5, 5.41) is 0. The number of nitrogens with zero attached hydrogens (tertiary/aromatic N) is 1. The van der Waals surface area contributed by atoms with Gasteiger partial charge in [0.25, 0.3) is 0 Å². The minimum atomic E-state index is -0.767. The molecular formula is C12H16F2N2O2. The topological polar surface area (TPSA) is 55.6 Å². The van der Waals surface area contributed by atoms with Crippen molar-refractivity contribution in [3.63, 3.8) is 0 Å². The fraction of sp³-hybridized carbons (Fsp3) is 0.417. The predicted molar refractivity (Wildman–Crippen MR) is 63.1 cm³/mol. The average Bonchev–Trinajstić information content (AvgIpc) is 2.30. The lowest BCUT2D eigenvalue weighted by Gasteiger charge is -2.19. The molecule has 4 nitrogen and oxygen atoms in total. The summed E-state index contributed by atoms with van der Waals surface area (Å²) in [6.45, 7) is 1.97. The molecule has 0 saturated carbocycles. The van der Waals surface area contributed by atoms with E-state index in [4.69, 9.17) is 10.5 Å². The molecule has 1 aromatic rings. The lowest BCUT2D eigenvalue weighted by molar-refractivity contribution is -0.131. The van der Waals surface area contributed by atoms with Crippen LogP contribution in [0.2, 0.25) is 0 Å². The summed E-state index contributed by atoms with van der Waals surface area (Å²) in [4.78, 5) is 12.8. The van der Waals surface area contributed by atoms with Gasteiger partial charge in [0.15, 0.2) is 11.6 Å². The summed E-state index contributed by atoms with van der Waals surface area (Å²) in [5.41, 5.74) is 5.43. The van der Waals surface area contributed by atoms with Crippen LogP contribution in [0.25, 0.3) is 0 Å². The molecule has 2 N–H and O–H groups in total. The van der Waals surface area contributed by atoms with E-state index in [9.17, 15) is 13.6 Å². The summed E-state index contributed by atoms with van der Waals surface area (Å²) >= 11 is 0. The predicted octanol–water partition coefficient (Wildman–Crippen LogP) is 1.15. The maximum Gasteiger partial charge on any atom is 0.239 e. The van der Waals surface area contributed by atoms with Crippen molar-refractivity contribution in [3.05, 3.63) is 29.8 Å². The van der Waals surface area contributed by atoms with E-state index in [0.717, 1.165) is 12.1 Å². The van der Waals surface area contributed by atoms with E-state index in [0.29, 0.717) is 0 Å². The molecule has 1 amide bonds. The second kappa shape index (κ2) is 6.30. The number of hydrogen-bond donors (Lipinski definition) is 1. The first kappa shape index (κ1) is 14.4. The van der Waals surface area contributed by atoms with Crippen LogP contribution in [-0.4, -0.2) is 37.0 Å². The molecule has 0 aliphatic carbocycles. The Labute approximate surface area is 104 Å². The minimum Gasteiger partial charge on any atom is -0.489 e. The van der Waals surface area contributed by atoms with Gasteiger partial charge in [-0.3, -0.25) is 4.79 Å². The Balaban J connectivity index is 2.44. The van der Waals surface area contributed by atoms with Crippen LogP contribution < -0.4 is 10.5 Å². The molecule has 1 atom stereocenters. The fourth-order valence-electron chi connectivity index (χ4n) is 1.34. The highest BCUT2D eigenvalue weighted by Crippen LogP contribution is 2.17. The van der Waals surface area contributed by atoms with E-state index in [2.05, 4.69) is 0 Å². The highest BCUT2D eigenvalue weighted by atomic mass is 19.1. The van der Waals surface area contributed by atoms with Crippen molar-refractivity contribution in [2.24, 2.45) is 5.73 Å². The van der Waals surface area contributed by atoms with Crippen molar-refractivity contribution in [1.82, 2.24) is 4.90 Å². The van der Waals surface area contributed by atoms with Gasteiger partial charge in [-0.15, -0.1) is 0 Å². The van der Waals surface area contributed by atoms with Crippen LogP contribution >= 0.6 is 0 Å². The number of amides is 1. The monoisotopic (exact) mass is 258 g/mol. The molecule has 0 saturated heterocycles. The fourth-order valence-corrected chi connectivity index (χ4v) is 1.34. The zero-order valence-corrected chi connectivity index (χ0v) is 10.3. The molecule has 1 aromatic carbocycles. The number of carbonyl (C=O) groups excluding carboxylic acids is 1. The Morgan fingerprint density at radius 3 is 2.72 bits per heavy atom. The van der Waals surface area contributed by atoms with Crippen LogP contribution in [0.4, 0.5) is 8.78 Å². The number of benzene rings is 1. The number of likely N-dealkylation sites (N-methyl/N-ethyl adjacent to an activating group) is 1. The SMILES string of the molecule is CC(N)C(=O)N(C)CCOc1ccc(F)cc1F. The molecule has 0 heterocycles. The zero-order valence-electron chi connectivity index (χ0n) is 10.3. The highest BCUT2D eigenvalue weighted by molar-refractivity contribution is 5.80. The lowest BCUT2D eigenvalue weighted by Crippen LogP contribution is -2.41. The summed E-state index contributed by atoms with van der Waals surface area (Å²) in [6, 6.07) is 2.47. The van der Waals surface area contributed by atoms with Crippen LogP contribution in [0.15, 0.2) is 18.2 Å². The van der Waals surface area contributed by atoms with Gasteiger partial charge in [-0.05, 0) is 19.1 Å². The molecule has 0 fully saturated rings. The van der Waals surface area contributed by atoms with E-state index in [-0.39, 0.29) is 24.8 Å². The standard InChI is InChI=1S/C12H16F2N2O2/c1-8(15)12(17)16(2)5-6-18-11-4-3-9(13)7-10(11)14/h3-4,7-8H,5-6,15H2,1-2H3. The van der Waals surface area contributed by atoms with Crippen molar-refractivity contribution in [2.75, 3.05) is 20.2 Å². The largest absolute Gasteiger partial charge is 0.489 e. The van der Waals surface area contributed by atoms with E-state index >= 15 is 0 Å². The average molecular weight is 258 g/mol. The molecule has 100 valence electrons. The lowest BCUT2D eigenvalue weighted by atomic mass is 10.3. The first-order chi connectivity index (χ1) is 8.41. The van der Waals surface area contributed by atoms with Crippen molar-refractivity contribution in [1.29, 1.82) is 0 Å². The van der Waals surface area contributed by atoms with E-state index in [1.165, 1.54) is 11.0 Å². The second-order valence-corrected chi connectivity index (χ2v) is 3.97. The van der Waals surface area contributed by atoms with Gasteiger partial charge in [0.05, 0.1) is 12.6 Å². The van der Waals surface area contributed by atoms with Crippen molar-refractivity contribution >= 4 is 5.91 Å². The number of carbonyl (C=O) groups is 1. The maximum absolute atomic E-state index is 13.2. The molecule has 6 heteroatoms. The third-order valence-corrected chi connectivity index (χ3v) is 2.34. The van der Waals surface area contributed by atoms with Gasteiger partial charge in [-0.2, -0.15) is 0 Å². The quantitative estimate of drug-likeness (QED) is 0.862. The molecule has 0 aliphatic rings. The van der Waals surface area contributed by atoms with Gasteiger partial charge < -0.3 is 15.4 Å². The van der Waals surface area contributed by atoms with Crippen LogP contribution in [-0.2, 0) is 4.79 Å². The summed E-state index contributed by atoms with van der Waals surface area (Å²) in [7, 11) is 1.58. The van der Waals surface area contributed by atoms with Crippen molar-refractivity contribution < 1.29 is 18.3 Å². The Kier molecular flexibility index (Phi) is 5.03. The minimum absolute atomic E-state index is 0.0435. The molecule has 0 aliphatic heterocycles. The van der Waals surface area contributed by atoms with Crippen LogP contribution in [0, 0.1) is 11.6 Å². The molecular weight excluding hydrogens is 242 g/mol. The van der Waals surface area contributed by atoms with E-state index in [1.807, 2.05) is 0 Å². The Hall–Kier alpha value is -1.69. The van der Waals surface area contributed by atoms with Gasteiger partial charge >= 0.3 is 0 Å². The Bertz CT molecular complexity index is 425. The number of nitrogens with two attached hydrogens (primary N) is 1. The van der Waals surface area contributed by atoms with Crippen molar-refractivity contribution in [3.8, 4) is 5.75 Å². The number of ether oxygens (including phenoxy) is 1. The van der Waals surface area contributed by atoms with E-state index in [1.54, 1.807) is 14.0 Å². The third kappa shape index (κ3) is 3.96. The van der Waals surface area contributed by atoms with Crippen LogP contribution in [0.5, 0.6) is 5.75 Å². The van der Waals surface area contributed by atoms with Gasteiger partial charge in [-0.1, -0.05) is 0 Å². The Morgan fingerprint density at radius 2 is 2.17 bits per heavy atom. The van der Waals surface area contributed by atoms with E-state index < -0.39 is 17.7 Å². The normalized spacial score (nSPS) is 12.1. The first-order valence-corrected chi connectivity index (χ1v) is 5.50. The number of halogens is 2. The summed E-state index contributed by atoms with van der Waals surface area (Å²) in [6.07, 6.45) is 0. The van der Waals surface area contributed by atoms with Gasteiger partial charge in [-0.25, -0.2) is 8.78 Å². The van der Waals surface area contributed by atoms with Gasteiger partial charge in [0.1, 0.15) is 12.4 Å². The Morgan fingerprint density at radius 1 is 1.50 bits per heavy atom. The highest BCUT2D eigenvalue weighted by Gasteiger charge is 2.13. The summed E-state index contributed by atoms with van der Waals surface area (Å²) in [5.74, 6) is -1.70. The molecule has 0 aromatic heterocycles. The zero-order chi connectivity index (χ0) is 13.7. The van der Waals surface area contributed by atoms with Crippen LogP contribution in [0.3, 0.4) is 0 Å². The third-order valence-electron chi connectivity index (χ3n) is 2.34. The van der Waals surface area contributed by atoms with Crippen LogP contribution in [0.1, 0.15) is 6.92 Å². The number of hydrogen-bond acceptors (Lipinski definition) is 3. The molecule has 0 spiro atoms. The van der Waals surface area contributed by atoms with Gasteiger partial charge in [0.2, 0.25) is 5.91 Å².